The molecule has 0 aliphatic rings. The standard InChI is InChI=1S/C15H18N2O/c1-10-7-11(2)9-13(8-10)18-15-14(12(3)16)5-4-6-17-15/h4-9,12H,16H2,1-3H3. The number of ether oxygens (including phenoxy) is 1. The van der Waals surface area contributed by atoms with Gasteiger partial charge in [0.15, 0.2) is 0 Å². The zero-order valence-electron chi connectivity index (χ0n) is 11.0. The second kappa shape index (κ2) is 5.19. The molecule has 2 aromatic rings. The Bertz CT molecular complexity index is 530. The quantitative estimate of drug-likeness (QED) is 0.896. The molecule has 3 heteroatoms. The van der Waals surface area contributed by atoms with Crippen LogP contribution in [-0.2, 0) is 0 Å². The Morgan fingerprint density at radius 3 is 2.44 bits per heavy atom. The first-order valence-electron chi connectivity index (χ1n) is 6.03. The van der Waals surface area contributed by atoms with E-state index in [0.717, 1.165) is 11.3 Å². The third-order valence-corrected chi connectivity index (χ3v) is 2.70. The summed E-state index contributed by atoms with van der Waals surface area (Å²) < 4.78 is 5.84. The first-order chi connectivity index (χ1) is 8.56. The lowest BCUT2D eigenvalue weighted by Gasteiger charge is -2.12. The molecule has 2 N–H and O–H groups in total. The fraction of sp³-hybridized carbons (Fsp3) is 0.267. The Morgan fingerprint density at radius 2 is 1.83 bits per heavy atom. The van der Waals surface area contributed by atoms with Crippen molar-refractivity contribution in [1.29, 1.82) is 0 Å². The summed E-state index contributed by atoms with van der Waals surface area (Å²) in [7, 11) is 0. The molecule has 0 radical (unpaired) electrons. The summed E-state index contributed by atoms with van der Waals surface area (Å²) in [6.45, 7) is 6.01. The van der Waals surface area contributed by atoms with Crippen molar-refractivity contribution in [3.05, 3.63) is 53.2 Å². The molecule has 0 fully saturated rings. The fourth-order valence-corrected chi connectivity index (χ4v) is 1.94. The lowest BCUT2D eigenvalue weighted by molar-refractivity contribution is 0.451. The molecule has 3 nitrogen and oxygen atoms in total. The van der Waals surface area contributed by atoms with E-state index in [1.807, 2.05) is 45.0 Å². The van der Waals surface area contributed by atoms with Crippen LogP contribution in [0.1, 0.15) is 29.7 Å². The number of aryl methyl sites for hydroxylation is 2. The van der Waals surface area contributed by atoms with E-state index < -0.39 is 0 Å². The number of hydrogen-bond acceptors (Lipinski definition) is 3. The molecule has 1 aromatic heterocycles. The second-order valence-electron chi connectivity index (χ2n) is 4.61. The summed E-state index contributed by atoms with van der Waals surface area (Å²) in [6.07, 6.45) is 1.71. The molecular weight excluding hydrogens is 224 g/mol. The van der Waals surface area contributed by atoms with Crippen LogP contribution in [0.2, 0.25) is 0 Å². The Morgan fingerprint density at radius 1 is 1.17 bits per heavy atom. The van der Waals surface area contributed by atoms with Gasteiger partial charge in [0.05, 0.1) is 0 Å². The number of rotatable bonds is 3. The molecule has 0 amide bonds. The minimum absolute atomic E-state index is 0.0976. The molecule has 0 spiro atoms. The van der Waals surface area contributed by atoms with Crippen LogP contribution in [0.25, 0.3) is 0 Å². The molecule has 0 saturated carbocycles. The highest BCUT2D eigenvalue weighted by Gasteiger charge is 2.10. The highest BCUT2D eigenvalue weighted by Crippen LogP contribution is 2.27. The van der Waals surface area contributed by atoms with E-state index in [4.69, 9.17) is 10.5 Å². The van der Waals surface area contributed by atoms with Crippen LogP contribution >= 0.6 is 0 Å². The molecule has 2 rings (SSSR count). The number of nitrogens with zero attached hydrogens (tertiary/aromatic N) is 1. The van der Waals surface area contributed by atoms with Gasteiger partial charge in [0.1, 0.15) is 5.75 Å². The third-order valence-electron chi connectivity index (χ3n) is 2.70. The molecule has 94 valence electrons. The molecule has 0 saturated heterocycles. The van der Waals surface area contributed by atoms with E-state index in [2.05, 4.69) is 11.1 Å². The third kappa shape index (κ3) is 2.87. The number of benzene rings is 1. The van der Waals surface area contributed by atoms with Crippen LogP contribution in [0.4, 0.5) is 0 Å². The molecule has 1 aromatic carbocycles. The number of nitrogens with two attached hydrogens (primary N) is 1. The summed E-state index contributed by atoms with van der Waals surface area (Å²) >= 11 is 0. The van der Waals surface area contributed by atoms with E-state index in [1.54, 1.807) is 6.20 Å². The van der Waals surface area contributed by atoms with Gasteiger partial charge in [0, 0.05) is 17.8 Å². The maximum absolute atomic E-state index is 5.91. The maximum atomic E-state index is 5.91. The average Bonchev–Trinajstić information content (AvgIpc) is 2.27. The largest absolute Gasteiger partial charge is 0.439 e. The van der Waals surface area contributed by atoms with Crippen LogP contribution in [0.15, 0.2) is 36.5 Å². The predicted molar refractivity (Wildman–Crippen MR) is 72.8 cm³/mol. The van der Waals surface area contributed by atoms with E-state index in [9.17, 15) is 0 Å². The second-order valence-corrected chi connectivity index (χ2v) is 4.61. The Balaban J connectivity index is 2.34. The summed E-state index contributed by atoms with van der Waals surface area (Å²) in [5.41, 5.74) is 9.16. The molecule has 1 atom stereocenters. The average molecular weight is 242 g/mol. The molecule has 1 unspecified atom stereocenters. The zero-order valence-corrected chi connectivity index (χ0v) is 11.0. The Labute approximate surface area is 108 Å². The first kappa shape index (κ1) is 12.6. The SMILES string of the molecule is Cc1cc(C)cc(Oc2ncccc2C(C)N)c1. The number of pyridine rings is 1. The lowest BCUT2D eigenvalue weighted by Crippen LogP contribution is -2.07. The Kier molecular flexibility index (Phi) is 3.63. The van der Waals surface area contributed by atoms with E-state index in [1.165, 1.54) is 11.1 Å². The van der Waals surface area contributed by atoms with Crippen LogP contribution in [0.3, 0.4) is 0 Å². The van der Waals surface area contributed by atoms with Crippen LogP contribution < -0.4 is 10.5 Å². The smallest absolute Gasteiger partial charge is 0.223 e. The van der Waals surface area contributed by atoms with Gasteiger partial charge in [-0.25, -0.2) is 4.98 Å². The molecule has 18 heavy (non-hydrogen) atoms. The van der Waals surface area contributed by atoms with Crippen molar-refractivity contribution in [3.8, 4) is 11.6 Å². The summed E-state index contributed by atoms with van der Waals surface area (Å²) in [5, 5.41) is 0. The minimum atomic E-state index is -0.0976. The molecule has 0 aliphatic carbocycles. The van der Waals surface area contributed by atoms with Gasteiger partial charge in [-0.1, -0.05) is 12.1 Å². The highest BCUT2D eigenvalue weighted by atomic mass is 16.5. The molecule has 0 aliphatic heterocycles. The van der Waals surface area contributed by atoms with Gasteiger partial charge in [-0.2, -0.15) is 0 Å². The fourth-order valence-electron chi connectivity index (χ4n) is 1.94. The molecule has 0 bridgehead atoms. The normalized spacial score (nSPS) is 12.2. The van der Waals surface area contributed by atoms with Crippen LogP contribution in [0, 0.1) is 13.8 Å². The topological polar surface area (TPSA) is 48.1 Å². The molecule has 1 heterocycles. The maximum Gasteiger partial charge on any atom is 0.223 e. The van der Waals surface area contributed by atoms with Crippen LogP contribution in [0.5, 0.6) is 11.6 Å². The van der Waals surface area contributed by atoms with Gasteiger partial charge in [-0.3, -0.25) is 0 Å². The van der Waals surface area contributed by atoms with Crippen molar-refractivity contribution in [2.75, 3.05) is 0 Å². The minimum Gasteiger partial charge on any atom is -0.439 e. The van der Waals surface area contributed by atoms with Gasteiger partial charge < -0.3 is 10.5 Å². The summed E-state index contributed by atoms with van der Waals surface area (Å²) in [6, 6.07) is 9.80. The van der Waals surface area contributed by atoms with E-state index >= 15 is 0 Å². The van der Waals surface area contributed by atoms with Crippen LogP contribution in [-0.4, -0.2) is 4.98 Å². The van der Waals surface area contributed by atoms with Crippen molar-refractivity contribution >= 4 is 0 Å². The van der Waals surface area contributed by atoms with Crippen molar-refractivity contribution in [1.82, 2.24) is 4.98 Å². The van der Waals surface area contributed by atoms with Gasteiger partial charge >= 0.3 is 0 Å². The zero-order chi connectivity index (χ0) is 13.1. The predicted octanol–water partition coefficient (Wildman–Crippen LogP) is 3.51. The summed E-state index contributed by atoms with van der Waals surface area (Å²) in [4.78, 5) is 4.25. The van der Waals surface area contributed by atoms with Crippen molar-refractivity contribution in [2.45, 2.75) is 26.8 Å². The van der Waals surface area contributed by atoms with E-state index in [-0.39, 0.29) is 6.04 Å². The van der Waals surface area contributed by atoms with Gasteiger partial charge in [-0.15, -0.1) is 0 Å². The van der Waals surface area contributed by atoms with Crippen molar-refractivity contribution in [3.63, 3.8) is 0 Å². The Hall–Kier alpha value is -1.87. The molecular formula is C15H18N2O. The van der Waals surface area contributed by atoms with Gasteiger partial charge in [0.25, 0.3) is 0 Å². The monoisotopic (exact) mass is 242 g/mol. The highest BCUT2D eigenvalue weighted by molar-refractivity contribution is 5.38. The van der Waals surface area contributed by atoms with Crippen molar-refractivity contribution in [2.24, 2.45) is 5.73 Å². The summed E-state index contributed by atoms with van der Waals surface area (Å²) in [5.74, 6) is 1.38. The van der Waals surface area contributed by atoms with E-state index in [0.29, 0.717) is 5.88 Å². The van der Waals surface area contributed by atoms with Crippen molar-refractivity contribution < 1.29 is 4.74 Å². The lowest BCUT2D eigenvalue weighted by atomic mass is 10.1. The first-order valence-corrected chi connectivity index (χ1v) is 6.03. The van der Waals surface area contributed by atoms with Gasteiger partial charge in [0.2, 0.25) is 5.88 Å². The number of hydrogen-bond donors (Lipinski definition) is 1. The number of aromatic nitrogens is 1. The van der Waals surface area contributed by atoms with Gasteiger partial charge in [-0.05, 0) is 50.1 Å².